The zero-order chi connectivity index (χ0) is 7.28. The van der Waals surface area contributed by atoms with Gasteiger partial charge in [0.15, 0.2) is 6.19 Å². The molecule has 3 nitrogen and oxygen atoms in total. The molecule has 0 aliphatic carbocycles. The third-order valence-electron chi connectivity index (χ3n) is 1.43. The van der Waals surface area contributed by atoms with Crippen molar-refractivity contribution in [1.29, 1.82) is 5.26 Å². The number of rotatable bonds is 3. The monoisotopic (exact) mass is 128 g/mol. The van der Waals surface area contributed by atoms with E-state index in [1.807, 2.05) is 20.0 Å². The summed E-state index contributed by atoms with van der Waals surface area (Å²) >= 11 is 0. The molecule has 0 aromatic rings. The summed E-state index contributed by atoms with van der Waals surface area (Å²) in [4.78, 5) is 0. The predicted octanol–water partition coefficient (Wildman–Crippen LogP) is 0.0740. The van der Waals surface area contributed by atoms with E-state index in [0.29, 0.717) is 0 Å². The van der Waals surface area contributed by atoms with E-state index in [-0.39, 0.29) is 18.6 Å². The Morgan fingerprint density at radius 1 is 1.67 bits per heavy atom. The van der Waals surface area contributed by atoms with Crippen LogP contribution in [0.1, 0.15) is 13.8 Å². The lowest BCUT2D eigenvalue weighted by molar-refractivity contribution is 0.214. The van der Waals surface area contributed by atoms with E-state index in [9.17, 15) is 0 Å². The van der Waals surface area contributed by atoms with Crippen molar-refractivity contribution in [1.82, 2.24) is 5.32 Å². The van der Waals surface area contributed by atoms with E-state index < -0.39 is 0 Å². The van der Waals surface area contributed by atoms with E-state index in [2.05, 4.69) is 5.32 Å². The second-order valence-electron chi connectivity index (χ2n) is 2.20. The number of aliphatic hydroxyl groups is 1. The molecule has 2 atom stereocenters. The zero-order valence-electron chi connectivity index (χ0n) is 5.76. The Labute approximate surface area is 55.3 Å². The minimum atomic E-state index is 0.0694. The van der Waals surface area contributed by atoms with Gasteiger partial charge in [-0.1, -0.05) is 6.92 Å². The van der Waals surface area contributed by atoms with Crippen molar-refractivity contribution in [3.05, 3.63) is 0 Å². The number of hydrogen-bond donors (Lipinski definition) is 2. The average Bonchev–Trinajstić information content (AvgIpc) is 1.87. The molecule has 0 saturated carbocycles. The lowest BCUT2D eigenvalue weighted by Crippen LogP contribution is -2.30. The first-order valence-corrected chi connectivity index (χ1v) is 2.97. The first kappa shape index (κ1) is 8.25. The van der Waals surface area contributed by atoms with Gasteiger partial charge in [0.25, 0.3) is 0 Å². The molecule has 0 rings (SSSR count). The van der Waals surface area contributed by atoms with Crippen LogP contribution in [0.3, 0.4) is 0 Å². The van der Waals surface area contributed by atoms with Gasteiger partial charge in [-0.15, -0.1) is 0 Å². The normalized spacial score (nSPS) is 15.8. The van der Waals surface area contributed by atoms with Crippen molar-refractivity contribution in [2.75, 3.05) is 6.61 Å². The van der Waals surface area contributed by atoms with E-state index in [4.69, 9.17) is 10.4 Å². The van der Waals surface area contributed by atoms with Crippen LogP contribution in [0.5, 0.6) is 0 Å². The van der Waals surface area contributed by atoms with Crippen LogP contribution >= 0.6 is 0 Å². The van der Waals surface area contributed by atoms with Crippen LogP contribution in [0.15, 0.2) is 0 Å². The Kier molecular flexibility index (Phi) is 3.81. The first-order chi connectivity index (χ1) is 4.22. The van der Waals surface area contributed by atoms with Crippen LogP contribution in [0.4, 0.5) is 0 Å². The van der Waals surface area contributed by atoms with Crippen LogP contribution in [0, 0.1) is 17.4 Å². The molecule has 0 spiro atoms. The van der Waals surface area contributed by atoms with Crippen LogP contribution in [0.2, 0.25) is 0 Å². The fourth-order valence-electron chi connectivity index (χ4n) is 0.402. The molecule has 0 aliphatic rings. The molecule has 0 saturated heterocycles. The topological polar surface area (TPSA) is 56.0 Å². The van der Waals surface area contributed by atoms with Crippen LogP contribution < -0.4 is 5.32 Å². The van der Waals surface area contributed by atoms with Gasteiger partial charge in [-0.25, -0.2) is 0 Å². The minimum Gasteiger partial charge on any atom is -0.396 e. The number of hydrogen-bond acceptors (Lipinski definition) is 3. The van der Waals surface area contributed by atoms with Gasteiger partial charge >= 0.3 is 0 Å². The maximum absolute atomic E-state index is 8.58. The molecule has 0 aromatic carbocycles. The second kappa shape index (κ2) is 4.16. The summed E-state index contributed by atoms with van der Waals surface area (Å²) < 4.78 is 0. The van der Waals surface area contributed by atoms with Gasteiger partial charge in [0.2, 0.25) is 0 Å². The van der Waals surface area contributed by atoms with E-state index in [1.54, 1.807) is 0 Å². The molecule has 0 fully saturated rings. The molecule has 0 aromatic heterocycles. The Morgan fingerprint density at radius 2 is 2.22 bits per heavy atom. The number of aliphatic hydroxyl groups excluding tert-OH is 1. The van der Waals surface area contributed by atoms with Crippen molar-refractivity contribution in [2.24, 2.45) is 5.92 Å². The Morgan fingerprint density at radius 3 is 2.56 bits per heavy atom. The quantitative estimate of drug-likeness (QED) is 0.418. The van der Waals surface area contributed by atoms with E-state index in [0.717, 1.165) is 0 Å². The lowest BCUT2D eigenvalue weighted by Gasteiger charge is -2.14. The molecule has 0 aliphatic heterocycles. The molecule has 0 amide bonds. The average molecular weight is 128 g/mol. The SMILES string of the molecule is CC(CO)C(C)NC#N. The Bertz CT molecular complexity index is 108. The third kappa shape index (κ3) is 2.94. The summed E-state index contributed by atoms with van der Waals surface area (Å²) in [5, 5.41) is 19.3. The van der Waals surface area contributed by atoms with E-state index >= 15 is 0 Å². The van der Waals surface area contributed by atoms with Gasteiger partial charge in [0, 0.05) is 12.6 Å². The molecule has 0 bridgehead atoms. The van der Waals surface area contributed by atoms with Crippen LogP contribution in [-0.2, 0) is 0 Å². The van der Waals surface area contributed by atoms with E-state index in [1.165, 1.54) is 0 Å². The smallest absolute Gasteiger partial charge is 0.176 e. The molecular formula is C6H12N2O. The standard InChI is InChI=1S/C6H12N2O/c1-5(3-9)6(2)8-4-7/h5-6,8-9H,3H2,1-2H3. The van der Waals surface area contributed by atoms with Crippen LogP contribution in [0.25, 0.3) is 0 Å². The van der Waals surface area contributed by atoms with Crippen molar-refractivity contribution in [3.8, 4) is 6.19 Å². The molecule has 0 radical (unpaired) electrons. The fourth-order valence-corrected chi connectivity index (χ4v) is 0.402. The Balaban J connectivity index is 3.48. The highest BCUT2D eigenvalue weighted by Gasteiger charge is 2.08. The highest BCUT2D eigenvalue weighted by molar-refractivity contribution is 4.75. The second-order valence-corrected chi connectivity index (χ2v) is 2.20. The predicted molar refractivity (Wildman–Crippen MR) is 34.5 cm³/mol. The molecule has 2 unspecified atom stereocenters. The first-order valence-electron chi connectivity index (χ1n) is 2.97. The highest BCUT2D eigenvalue weighted by Crippen LogP contribution is 1.98. The maximum Gasteiger partial charge on any atom is 0.176 e. The van der Waals surface area contributed by atoms with Gasteiger partial charge in [-0.05, 0) is 12.8 Å². The number of nitrogens with one attached hydrogen (secondary N) is 1. The number of nitrogens with zero attached hydrogens (tertiary/aromatic N) is 1. The summed E-state index contributed by atoms with van der Waals surface area (Å²) in [5.41, 5.74) is 0. The fraction of sp³-hybridized carbons (Fsp3) is 0.833. The zero-order valence-corrected chi connectivity index (χ0v) is 5.76. The van der Waals surface area contributed by atoms with Crippen LogP contribution in [-0.4, -0.2) is 17.8 Å². The molecule has 9 heavy (non-hydrogen) atoms. The summed E-state index contributed by atoms with van der Waals surface area (Å²) in [6, 6.07) is 0.0694. The molecule has 0 heterocycles. The van der Waals surface area contributed by atoms with Gasteiger partial charge < -0.3 is 10.4 Å². The van der Waals surface area contributed by atoms with Crippen molar-refractivity contribution in [2.45, 2.75) is 19.9 Å². The third-order valence-corrected chi connectivity index (χ3v) is 1.43. The Hall–Kier alpha value is -0.750. The van der Waals surface area contributed by atoms with Gasteiger partial charge in [0.1, 0.15) is 0 Å². The molecule has 2 N–H and O–H groups in total. The minimum absolute atomic E-state index is 0.0694. The highest BCUT2D eigenvalue weighted by atomic mass is 16.3. The lowest BCUT2D eigenvalue weighted by atomic mass is 10.1. The molecular weight excluding hydrogens is 116 g/mol. The van der Waals surface area contributed by atoms with Gasteiger partial charge in [0.05, 0.1) is 0 Å². The number of nitriles is 1. The largest absolute Gasteiger partial charge is 0.396 e. The summed E-state index contributed by atoms with van der Waals surface area (Å²) in [5.74, 6) is 0.143. The van der Waals surface area contributed by atoms with Crippen molar-refractivity contribution < 1.29 is 5.11 Å². The molecule has 52 valence electrons. The van der Waals surface area contributed by atoms with Gasteiger partial charge in [-0.3, -0.25) is 0 Å². The van der Waals surface area contributed by atoms with Crippen molar-refractivity contribution in [3.63, 3.8) is 0 Å². The summed E-state index contributed by atoms with van der Waals surface area (Å²) in [6.07, 6.45) is 1.82. The van der Waals surface area contributed by atoms with Gasteiger partial charge in [-0.2, -0.15) is 5.26 Å². The molecule has 3 heteroatoms. The maximum atomic E-state index is 8.58. The summed E-state index contributed by atoms with van der Waals surface area (Å²) in [7, 11) is 0. The summed E-state index contributed by atoms with van der Waals surface area (Å²) in [6.45, 7) is 3.87. The van der Waals surface area contributed by atoms with Crippen molar-refractivity contribution >= 4 is 0 Å².